The van der Waals surface area contributed by atoms with Crippen molar-refractivity contribution >= 4 is 5.97 Å². The van der Waals surface area contributed by atoms with Crippen LogP contribution in [-0.4, -0.2) is 17.2 Å². The van der Waals surface area contributed by atoms with Gasteiger partial charge < -0.3 is 5.11 Å². The lowest BCUT2D eigenvalue weighted by Gasteiger charge is -2.08. The Morgan fingerprint density at radius 3 is 2.40 bits per heavy atom. The number of carboxylic acid groups (broad SMARTS) is 1. The van der Waals surface area contributed by atoms with Crippen LogP contribution >= 0.6 is 0 Å². The predicted molar refractivity (Wildman–Crippen MR) is 36.6 cm³/mol. The van der Waals surface area contributed by atoms with Gasteiger partial charge >= 0.3 is 5.97 Å². The number of alkyl halides is 1. The second-order valence-electron chi connectivity index (χ2n) is 2.69. The highest BCUT2D eigenvalue weighted by Gasteiger charge is 2.12. The molecule has 0 radical (unpaired) electrons. The zero-order valence-electron chi connectivity index (χ0n) is 6.30. The van der Waals surface area contributed by atoms with Crippen LogP contribution in [0.5, 0.6) is 0 Å². The van der Waals surface area contributed by atoms with Crippen LogP contribution in [0.15, 0.2) is 0 Å². The number of hydrogen-bond acceptors (Lipinski definition) is 1. The van der Waals surface area contributed by atoms with E-state index in [0.29, 0.717) is 0 Å². The van der Waals surface area contributed by atoms with Gasteiger partial charge in [-0.05, 0) is 12.3 Å². The molecule has 0 saturated carbocycles. The van der Waals surface area contributed by atoms with Crippen LogP contribution < -0.4 is 0 Å². The third-order valence-electron chi connectivity index (χ3n) is 1.36. The molecule has 1 unspecified atom stereocenters. The molecule has 0 bridgehead atoms. The van der Waals surface area contributed by atoms with Gasteiger partial charge in [0.25, 0.3) is 0 Å². The van der Waals surface area contributed by atoms with Crippen molar-refractivity contribution in [2.45, 2.75) is 32.9 Å². The van der Waals surface area contributed by atoms with E-state index >= 15 is 0 Å². The smallest absolute Gasteiger partial charge is 0.303 e. The second-order valence-corrected chi connectivity index (χ2v) is 2.69. The molecule has 0 aromatic carbocycles. The fourth-order valence-corrected chi connectivity index (χ4v) is 0.595. The zero-order chi connectivity index (χ0) is 8.15. The van der Waals surface area contributed by atoms with Crippen LogP contribution in [0.3, 0.4) is 0 Å². The van der Waals surface area contributed by atoms with E-state index in [2.05, 4.69) is 0 Å². The first kappa shape index (κ1) is 9.40. The molecule has 0 aliphatic rings. The third-order valence-corrected chi connectivity index (χ3v) is 1.36. The average Bonchev–Trinajstić information content (AvgIpc) is 1.82. The quantitative estimate of drug-likeness (QED) is 0.660. The summed E-state index contributed by atoms with van der Waals surface area (Å²) in [4.78, 5) is 9.96. The van der Waals surface area contributed by atoms with Gasteiger partial charge in [0.1, 0.15) is 6.17 Å². The molecule has 0 aliphatic heterocycles. The number of carbonyl (C=O) groups is 1. The van der Waals surface area contributed by atoms with Crippen molar-refractivity contribution in [2.75, 3.05) is 0 Å². The van der Waals surface area contributed by atoms with Gasteiger partial charge in [0.15, 0.2) is 0 Å². The van der Waals surface area contributed by atoms with Gasteiger partial charge in [-0.15, -0.1) is 0 Å². The summed E-state index contributed by atoms with van der Waals surface area (Å²) in [5, 5.41) is 8.18. The molecule has 0 aromatic heterocycles. The standard InChI is InChI=1S/C7H13FO2/c1-5(2)6(8)3-4-7(9)10/h5-6H,3-4H2,1-2H3,(H,9,10). The summed E-state index contributed by atoms with van der Waals surface area (Å²) in [6.45, 7) is 3.49. The van der Waals surface area contributed by atoms with Crippen molar-refractivity contribution in [1.29, 1.82) is 0 Å². The molecule has 0 spiro atoms. The molecule has 10 heavy (non-hydrogen) atoms. The minimum absolute atomic E-state index is 0.0700. The Labute approximate surface area is 60.1 Å². The van der Waals surface area contributed by atoms with Crippen LogP contribution in [0.2, 0.25) is 0 Å². The lowest BCUT2D eigenvalue weighted by atomic mass is 10.0. The Balaban J connectivity index is 3.39. The molecule has 0 saturated heterocycles. The number of rotatable bonds is 4. The van der Waals surface area contributed by atoms with Gasteiger partial charge in [-0.1, -0.05) is 13.8 Å². The van der Waals surface area contributed by atoms with Crippen molar-refractivity contribution in [3.63, 3.8) is 0 Å². The first-order valence-electron chi connectivity index (χ1n) is 3.40. The molecule has 3 heteroatoms. The van der Waals surface area contributed by atoms with Gasteiger partial charge in [0.2, 0.25) is 0 Å². The largest absolute Gasteiger partial charge is 0.481 e. The fourth-order valence-electron chi connectivity index (χ4n) is 0.595. The maximum Gasteiger partial charge on any atom is 0.303 e. The van der Waals surface area contributed by atoms with Crippen LogP contribution in [-0.2, 0) is 4.79 Å². The first-order chi connectivity index (χ1) is 4.54. The Bertz CT molecular complexity index is 112. The van der Waals surface area contributed by atoms with Gasteiger partial charge in [0, 0.05) is 6.42 Å². The molecular formula is C7H13FO2. The summed E-state index contributed by atoms with van der Waals surface area (Å²) >= 11 is 0. The van der Waals surface area contributed by atoms with Crippen molar-refractivity contribution in [2.24, 2.45) is 5.92 Å². The minimum Gasteiger partial charge on any atom is -0.481 e. The number of hydrogen-bond donors (Lipinski definition) is 1. The third kappa shape index (κ3) is 4.30. The molecule has 0 amide bonds. The Morgan fingerprint density at radius 2 is 2.10 bits per heavy atom. The van der Waals surface area contributed by atoms with E-state index < -0.39 is 12.1 Å². The number of carboxylic acids is 1. The number of halogens is 1. The lowest BCUT2D eigenvalue weighted by Crippen LogP contribution is -2.10. The Kier molecular flexibility index (Phi) is 4.00. The first-order valence-corrected chi connectivity index (χ1v) is 3.40. The van der Waals surface area contributed by atoms with Crippen LogP contribution in [0.25, 0.3) is 0 Å². The summed E-state index contributed by atoms with van der Waals surface area (Å²) in [7, 11) is 0. The average molecular weight is 148 g/mol. The van der Waals surface area contributed by atoms with Gasteiger partial charge in [-0.2, -0.15) is 0 Å². The maximum absolute atomic E-state index is 12.6. The molecule has 1 N–H and O–H groups in total. The normalized spacial score (nSPS) is 13.6. The Hall–Kier alpha value is -0.600. The van der Waals surface area contributed by atoms with E-state index in [0.717, 1.165) is 0 Å². The van der Waals surface area contributed by atoms with Crippen molar-refractivity contribution in [1.82, 2.24) is 0 Å². The fraction of sp³-hybridized carbons (Fsp3) is 0.857. The molecule has 0 aromatic rings. The van der Waals surface area contributed by atoms with Gasteiger partial charge in [-0.3, -0.25) is 4.79 Å². The monoisotopic (exact) mass is 148 g/mol. The van der Waals surface area contributed by atoms with Crippen LogP contribution in [0.4, 0.5) is 4.39 Å². The van der Waals surface area contributed by atoms with Crippen molar-refractivity contribution < 1.29 is 14.3 Å². The van der Waals surface area contributed by atoms with Crippen molar-refractivity contribution in [3.8, 4) is 0 Å². The molecule has 1 atom stereocenters. The Morgan fingerprint density at radius 1 is 1.60 bits per heavy atom. The van der Waals surface area contributed by atoms with E-state index in [4.69, 9.17) is 5.11 Å². The number of aliphatic carboxylic acids is 1. The second kappa shape index (κ2) is 4.25. The summed E-state index contributed by atoms with van der Waals surface area (Å²) in [5.74, 6) is -0.998. The maximum atomic E-state index is 12.6. The molecule has 0 rings (SSSR count). The molecule has 0 fully saturated rings. The van der Waals surface area contributed by atoms with E-state index in [1.54, 1.807) is 13.8 Å². The van der Waals surface area contributed by atoms with Gasteiger partial charge in [-0.25, -0.2) is 4.39 Å². The molecular weight excluding hydrogens is 135 g/mol. The highest BCUT2D eigenvalue weighted by atomic mass is 19.1. The predicted octanol–water partition coefficient (Wildman–Crippen LogP) is 1.85. The van der Waals surface area contributed by atoms with Crippen LogP contribution in [0.1, 0.15) is 26.7 Å². The highest BCUT2D eigenvalue weighted by molar-refractivity contribution is 5.66. The topological polar surface area (TPSA) is 37.3 Å². The highest BCUT2D eigenvalue weighted by Crippen LogP contribution is 2.11. The summed E-state index contributed by atoms with van der Waals surface area (Å²) in [6, 6.07) is 0. The molecule has 0 aliphatic carbocycles. The van der Waals surface area contributed by atoms with E-state index in [1.165, 1.54) is 0 Å². The van der Waals surface area contributed by atoms with E-state index in [9.17, 15) is 9.18 Å². The molecule has 0 heterocycles. The molecule has 60 valence electrons. The van der Waals surface area contributed by atoms with E-state index in [-0.39, 0.29) is 18.8 Å². The molecule has 2 nitrogen and oxygen atoms in total. The minimum atomic E-state index is -0.976. The van der Waals surface area contributed by atoms with Gasteiger partial charge in [0.05, 0.1) is 0 Å². The summed E-state index contributed by atoms with van der Waals surface area (Å²) in [6.07, 6.45) is -0.914. The summed E-state index contributed by atoms with van der Waals surface area (Å²) < 4.78 is 12.6. The van der Waals surface area contributed by atoms with E-state index in [1.807, 2.05) is 0 Å². The SMILES string of the molecule is CC(C)C(F)CCC(=O)O. The lowest BCUT2D eigenvalue weighted by molar-refractivity contribution is -0.137. The summed E-state index contributed by atoms with van der Waals surface area (Å²) in [5.41, 5.74) is 0. The van der Waals surface area contributed by atoms with Crippen LogP contribution in [0, 0.1) is 5.92 Å². The zero-order valence-corrected chi connectivity index (χ0v) is 6.30. The van der Waals surface area contributed by atoms with Crippen molar-refractivity contribution in [3.05, 3.63) is 0 Å².